The van der Waals surface area contributed by atoms with Gasteiger partial charge in [-0.1, -0.05) is 81.2 Å². The maximum atomic E-state index is 6.11. The van der Waals surface area contributed by atoms with Crippen molar-refractivity contribution in [3.63, 3.8) is 0 Å². The first-order valence-electron chi connectivity index (χ1n) is 5.65. The van der Waals surface area contributed by atoms with E-state index in [0.717, 1.165) is 21.6 Å². The minimum absolute atomic E-state index is 0.840. The van der Waals surface area contributed by atoms with Crippen molar-refractivity contribution in [1.29, 1.82) is 0 Å². The van der Waals surface area contributed by atoms with E-state index in [1.165, 1.54) is 11.1 Å². The summed E-state index contributed by atoms with van der Waals surface area (Å²) < 4.78 is 0. The zero-order valence-electron chi connectivity index (χ0n) is 10.0. The van der Waals surface area contributed by atoms with Gasteiger partial charge in [-0.15, -0.1) is 0 Å². The summed E-state index contributed by atoms with van der Waals surface area (Å²) >= 11 is 12.2. The first-order chi connectivity index (χ1) is 9.27. The van der Waals surface area contributed by atoms with E-state index in [2.05, 4.69) is 12.1 Å². The van der Waals surface area contributed by atoms with Gasteiger partial charge >= 0.3 is 0 Å². The Bertz CT molecular complexity index is 484. The number of halogens is 2. The van der Waals surface area contributed by atoms with Gasteiger partial charge in [-0.3, -0.25) is 0 Å². The lowest BCUT2D eigenvalue weighted by Gasteiger charge is -2.04. The molecule has 0 aliphatic rings. The molecular weight excluding hydrogens is 335 g/mol. The fraction of sp³-hybridized carbons (Fsp3) is 0.143. The summed E-state index contributed by atoms with van der Waals surface area (Å²) in [6.07, 6.45) is 0. The van der Waals surface area contributed by atoms with Gasteiger partial charge in [0, 0.05) is 21.6 Å². The van der Waals surface area contributed by atoms with Crippen molar-refractivity contribution in [2.45, 2.75) is 11.5 Å². The number of benzene rings is 2. The van der Waals surface area contributed by atoms with Crippen LogP contribution < -0.4 is 0 Å². The van der Waals surface area contributed by atoms with Gasteiger partial charge in [0.25, 0.3) is 0 Å². The van der Waals surface area contributed by atoms with Crippen LogP contribution in [0.2, 0.25) is 10.0 Å². The molecule has 0 nitrogen and oxygen atoms in total. The third-order valence-electron chi connectivity index (χ3n) is 2.44. The molecule has 0 unspecified atom stereocenters. The Morgan fingerprint density at radius 1 is 0.684 bits per heavy atom. The first-order valence-corrected chi connectivity index (χ1v) is 10.2. The van der Waals surface area contributed by atoms with Crippen LogP contribution in [0.1, 0.15) is 11.1 Å². The normalized spacial score (nSPS) is 10.6. The SMILES string of the molecule is Clc1ccccc1CSSSCc1ccccc1Cl. The van der Waals surface area contributed by atoms with Gasteiger partial charge < -0.3 is 0 Å². The summed E-state index contributed by atoms with van der Waals surface area (Å²) in [5.41, 5.74) is 2.36. The molecule has 0 aliphatic heterocycles. The highest BCUT2D eigenvalue weighted by molar-refractivity contribution is 9.09. The highest BCUT2D eigenvalue weighted by Crippen LogP contribution is 2.40. The summed E-state index contributed by atoms with van der Waals surface area (Å²) in [4.78, 5) is 0. The smallest absolute Gasteiger partial charge is 0.0446 e. The van der Waals surface area contributed by atoms with E-state index in [-0.39, 0.29) is 0 Å². The van der Waals surface area contributed by atoms with Crippen molar-refractivity contribution in [1.82, 2.24) is 0 Å². The second-order valence-electron chi connectivity index (χ2n) is 3.78. The average molecular weight is 347 g/mol. The topological polar surface area (TPSA) is 0 Å². The van der Waals surface area contributed by atoms with E-state index in [9.17, 15) is 0 Å². The average Bonchev–Trinajstić information content (AvgIpc) is 2.42. The second-order valence-corrected chi connectivity index (χ2v) is 8.82. The Labute approximate surface area is 135 Å². The van der Waals surface area contributed by atoms with Crippen LogP contribution in [0.15, 0.2) is 48.5 Å². The lowest BCUT2D eigenvalue weighted by Crippen LogP contribution is -1.80. The van der Waals surface area contributed by atoms with E-state index in [1.54, 1.807) is 31.4 Å². The standard InChI is InChI=1S/C14H12Cl2S3/c15-13-7-3-1-5-11(13)9-17-19-18-10-12-6-2-4-8-14(12)16/h1-8H,9-10H2. The molecule has 100 valence electrons. The van der Waals surface area contributed by atoms with E-state index in [4.69, 9.17) is 23.2 Å². The second kappa shape index (κ2) is 8.38. The molecule has 0 atom stereocenters. The molecule has 2 aromatic carbocycles. The molecule has 0 radical (unpaired) electrons. The maximum Gasteiger partial charge on any atom is 0.0446 e. The molecule has 2 rings (SSSR count). The number of hydrogen-bond donors (Lipinski definition) is 0. The van der Waals surface area contributed by atoms with Crippen molar-refractivity contribution in [3.05, 3.63) is 69.7 Å². The van der Waals surface area contributed by atoms with E-state index < -0.39 is 0 Å². The van der Waals surface area contributed by atoms with Crippen LogP contribution in [0, 0.1) is 0 Å². The number of hydrogen-bond acceptors (Lipinski definition) is 3. The van der Waals surface area contributed by atoms with Crippen LogP contribution in [0.25, 0.3) is 0 Å². The van der Waals surface area contributed by atoms with Crippen LogP contribution in [0.4, 0.5) is 0 Å². The predicted octanol–water partition coefficient (Wildman–Crippen LogP) is 6.72. The zero-order chi connectivity index (χ0) is 13.5. The summed E-state index contributed by atoms with van der Waals surface area (Å²) in [7, 11) is 5.37. The molecule has 0 aromatic heterocycles. The van der Waals surface area contributed by atoms with Crippen LogP contribution in [0.3, 0.4) is 0 Å². The van der Waals surface area contributed by atoms with Crippen LogP contribution >= 0.6 is 54.6 Å². The Kier molecular flexibility index (Phi) is 6.82. The molecule has 5 heteroatoms. The van der Waals surface area contributed by atoms with Gasteiger partial charge in [-0.05, 0) is 33.1 Å². The maximum absolute atomic E-state index is 6.11. The molecular formula is C14H12Cl2S3. The molecule has 0 aliphatic carbocycles. The minimum atomic E-state index is 0.840. The molecule has 19 heavy (non-hydrogen) atoms. The van der Waals surface area contributed by atoms with Gasteiger partial charge in [-0.25, -0.2) is 0 Å². The summed E-state index contributed by atoms with van der Waals surface area (Å²) in [5.74, 6) is 1.83. The molecule has 0 heterocycles. The summed E-state index contributed by atoms with van der Waals surface area (Å²) in [6.45, 7) is 0. The largest absolute Gasteiger partial charge is 0.0840 e. The third-order valence-corrected chi connectivity index (χ3v) is 7.24. The van der Waals surface area contributed by atoms with Gasteiger partial charge in [0.1, 0.15) is 0 Å². The van der Waals surface area contributed by atoms with Gasteiger partial charge in [0.2, 0.25) is 0 Å². The van der Waals surface area contributed by atoms with E-state index >= 15 is 0 Å². The number of rotatable bonds is 6. The molecule has 0 fully saturated rings. The summed E-state index contributed by atoms with van der Waals surface area (Å²) in [5, 5.41) is 1.68. The van der Waals surface area contributed by atoms with Crippen LogP contribution in [0.5, 0.6) is 0 Å². The van der Waals surface area contributed by atoms with Gasteiger partial charge in [0.05, 0.1) is 0 Å². The first kappa shape index (κ1) is 15.5. The van der Waals surface area contributed by atoms with Crippen molar-refractivity contribution in [2.75, 3.05) is 0 Å². The van der Waals surface area contributed by atoms with Crippen molar-refractivity contribution < 1.29 is 0 Å². The molecule has 0 saturated heterocycles. The Morgan fingerprint density at radius 3 is 1.53 bits per heavy atom. The Hall–Kier alpha value is 0.0700. The molecule has 0 saturated carbocycles. The quantitative estimate of drug-likeness (QED) is 0.420. The Balaban J connectivity index is 1.71. The lowest BCUT2D eigenvalue weighted by molar-refractivity contribution is 1.42. The van der Waals surface area contributed by atoms with Gasteiger partial charge in [0.15, 0.2) is 0 Å². The molecule has 2 aromatic rings. The fourth-order valence-corrected chi connectivity index (χ4v) is 5.66. The summed E-state index contributed by atoms with van der Waals surface area (Å²) in [6, 6.07) is 15.9. The zero-order valence-corrected chi connectivity index (χ0v) is 14.0. The van der Waals surface area contributed by atoms with Crippen molar-refractivity contribution in [3.8, 4) is 0 Å². The van der Waals surface area contributed by atoms with Crippen LogP contribution in [-0.2, 0) is 11.5 Å². The minimum Gasteiger partial charge on any atom is -0.0840 e. The molecule has 0 N–H and O–H groups in total. The lowest BCUT2D eigenvalue weighted by atomic mass is 10.2. The van der Waals surface area contributed by atoms with Crippen molar-refractivity contribution >= 4 is 54.6 Å². The molecule has 0 amide bonds. The molecule has 0 spiro atoms. The molecule has 0 bridgehead atoms. The van der Waals surface area contributed by atoms with Gasteiger partial charge in [-0.2, -0.15) is 0 Å². The highest BCUT2D eigenvalue weighted by atomic mass is 35.5. The van der Waals surface area contributed by atoms with Crippen molar-refractivity contribution in [2.24, 2.45) is 0 Å². The van der Waals surface area contributed by atoms with Crippen LogP contribution in [-0.4, -0.2) is 0 Å². The highest BCUT2D eigenvalue weighted by Gasteiger charge is 2.02. The van der Waals surface area contributed by atoms with E-state index in [0.29, 0.717) is 0 Å². The third kappa shape index (κ3) is 5.16. The Morgan fingerprint density at radius 2 is 1.11 bits per heavy atom. The fourth-order valence-electron chi connectivity index (χ4n) is 1.44. The monoisotopic (exact) mass is 346 g/mol. The van der Waals surface area contributed by atoms with E-state index in [1.807, 2.05) is 36.4 Å². The predicted molar refractivity (Wildman–Crippen MR) is 93.1 cm³/mol.